The number of carbonyl (C=O) groups excluding carboxylic acids is 1. The number of fused-ring (bicyclic) bond motifs is 1. The smallest absolute Gasteiger partial charge is 0.408 e. The number of benzene rings is 1. The monoisotopic (exact) mass is 381 g/mol. The van der Waals surface area contributed by atoms with Crippen molar-refractivity contribution >= 4 is 29.1 Å². The van der Waals surface area contributed by atoms with E-state index < -0.39 is 6.09 Å². The molecule has 9 heteroatoms. The van der Waals surface area contributed by atoms with Gasteiger partial charge < -0.3 is 21.1 Å². The van der Waals surface area contributed by atoms with E-state index in [-0.39, 0.29) is 24.7 Å². The third-order valence-electron chi connectivity index (χ3n) is 4.49. The summed E-state index contributed by atoms with van der Waals surface area (Å²) >= 11 is 0. The lowest BCUT2D eigenvalue weighted by Gasteiger charge is -2.23. The standard InChI is InChI=1S/C19H16FN5O3/c20-11-1-3-12(4-2-11)23-18-16-13(8-25(19(27)28)9-14(16)26)24-17(18)10-5-6-22-15(21)7-10/h1-7,23-24H,8-9H2,(H2,21,22)(H,27,28). The van der Waals surface area contributed by atoms with E-state index in [0.29, 0.717) is 39.7 Å². The summed E-state index contributed by atoms with van der Waals surface area (Å²) in [6.07, 6.45) is 0.369. The number of H-pyrrole nitrogens is 1. The molecule has 0 spiro atoms. The van der Waals surface area contributed by atoms with Crippen molar-refractivity contribution in [3.05, 3.63) is 59.7 Å². The van der Waals surface area contributed by atoms with E-state index in [1.807, 2.05) is 0 Å². The molecule has 5 N–H and O–H groups in total. The van der Waals surface area contributed by atoms with Crippen molar-refractivity contribution < 1.29 is 19.1 Å². The second-order valence-electron chi connectivity index (χ2n) is 6.39. The van der Waals surface area contributed by atoms with Gasteiger partial charge in [0.1, 0.15) is 11.6 Å². The Morgan fingerprint density at radius 3 is 2.68 bits per heavy atom. The Hall–Kier alpha value is -3.88. The molecule has 1 aromatic carbocycles. The maximum atomic E-state index is 13.2. The summed E-state index contributed by atoms with van der Waals surface area (Å²) < 4.78 is 13.2. The van der Waals surface area contributed by atoms with Crippen molar-refractivity contribution in [2.75, 3.05) is 17.6 Å². The normalized spacial score (nSPS) is 13.3. The van der Waals surface area contributed by atoms with Gasteiger partial charge in [-0.3, -0.25) is 9.69 Å². The zero-order valence-electron chi connectivity index (χ0n) is 14.6. The van der Waals surface area contributed by atoms with E-state index in [2.05, 4.69) is 15.3 Å². The van der Waals surface area contributed by atoms with Crippen LogP contribution < -0.4 is 11.1 Å². The molecule has 1 aliphatic heterocycles. The Labute approximate surface area is 158 Å². The molecule has 28 heavy (non-hydrogen) atoms. The molecule has 0 fully saturated rings. The van der Waals surface area contributed by atoms with Crippen molar-refractivity contribution in [2.45, 2.75) is 6.54 Å². The highest BCUT2D eigenvalue weighted by molar-refractivity contribution is 6.09. The Bertz CT molecular complexity index is 1080. The Morgan fingerprint density at radius 1 is 1.25 bits per heavy atom. The predicted octanol–water partition coefficient (Wildman–Crippen LogP) is 3.22. The minimum absolute atomic E-state index is 0.0507. The molecule has 0 saturated heterocycles. The van der Waals surface area contributed by atoms with Gasteiger partial charge in [0.25, 0.3) is 0 Å². The summed E-state index contributed by atoms with van der Waals surface area (Å²) in [5, 5.41) is 12.4. The fraction of sp³-hybridized carbons (Fsp3) is 0.105. The van der Waals surface area contributed by atoms with Gasteiger partial charge >= 0.3 is 6.09 Å². The first-order valence-corrected chi connectivity index (χ1v) is 8.43. The Morgan fingerprint density at radius 2 is 2.00 bits per heavy atom. The number of pyridine rings is 1. The molecule has 3 heterocycles. The topological polar surface area (TPSA) is 124 Å². The summed E-state index contributed by atoms with van der Waals surface area (Å²) in [4.78, 5) is 32.2. The molecular formula is C19H16FN5O3. The molecule has 0 radical (unpaired) electrons. The number of hydrogen-bond donors (Lipinski definition) is 4. The van der Waals surface area contributed by atoms with Crippen molar-refractivity contribution in [1.29, 1.82) is 0 Å². The zero-order valence-corrected chi connectivity index (χ0v) is 14.6. The molecule has 1 aliphatic rings. The van der Waals surface area contributed by atoms with E-state index in [4.69, 9.17) is 5.73 Å². The predicted molar refractivity (Wildman–Crippen MR) is 101 cm³/mol. The van der Waals surface area contributed by atoms with Gasteiger partial charge in [-0.1, -0.05) is 0 Å². The lowest BCUT2D eigenvalue weighted by molar-refractivity contribution is 0.0874. The molecule has 2 aromatic heterocycles. The molecule has 4 rings (SSSR count). The molecule has 1 amide bonds. The largest absolute Gasteiger partial charge is 0.465 e. The number of carboxylic acid groups (broad SMARTS) is 1. The second kappa shape index (κ2) is 6.69. The average Bonchev–Trinajstić information content (AvgIpc) is 3.02. The molecule has 3 aromatic rings. The number of rotatable bonds is 3. The number of aromatic amines is 1. The molecule has 0 aliphatic carbocycles. The molecule has 142 valence electrons. The number of amides is 1. The molecule has 0 unspecified atom stereocenters. The van der Waals surface area contributed by atoms with Crippen LogP contribution in [0.15, 0.2) is 42.6 Å². The molecule has 0 atom stereocenters. The van der Waals surface area contributed by atoms with Gasteiger partial charge in [0.05, 0.1) is 30.0 Å². The van der Waals surface area contributed by atoms with Crippen LogP contribution in [-0.4, -0.2) is 38.4 Å². The van der Waals surface area contributed by atoms with Crippen LogP contribution in [0.25, 0.3) is 11.3 Å². The lowest BCUT2D eigenvalue weighted by Crippen LogP contribution is -2.38. The number of halogens is 1. The van der Waals surface area contributed by atoms with Gasteiger partial charge in [0.2, 0.25) is 0 Å². The van der Waals surface area contributed by atoms with Gasteiger partial charge in [-0.25, -0.2) is 14.2 Å². The van der Waals surface area contributed by atoms with Gasteiger partial charge in [0.15, 0.2) is 5.78 Å². The van der Waals surface area contributed by atoms with E-state index in [1.165, 1.54) is 18.3 Å². The number of ketones is 1. The Balaban J connectivity index is 1.85. The molecule has 0 saturated carbocycles. The van der Waals surface area contributed by atoms with Crippen LogP contribution in [0.2, 0.25) is 0 Å². The number of hydrogen-bond acceptors (Lipinski definition) is 5. The average molecular weight is 381 g/mol. The highest BCUT2D eigenvalue weighted by Crippen LogP contribution is 2.38. The number of anilines is 3. The third kappa shape index (κ3) is 3.13. The van der Waals surface area contributed by atoms with Gasteiger partial charge in [0, 0.05) is 23.1 Å². The summed E-state index contributed by atoms with van der Waals surface area (Å²) in [7, 11) is 0. The van der Waals surface area contributed by atoms with Gasteiger partial charge in [-0.15, -0.1) is 0 Å². The highest BCUT2D eigenvalue weighted by atomic mass is 19.1. The SMILES string of the molecule is Nc1cc(-c2[nH]c3c(c2Nc2ccc(F)cc2)C(=O)CN(C(=O)O)C3)ccn1. The number of nitrogens with one attached hydrogen (secondary N) is 2. The van der Waals surface area contributed by atoms with Crippen LogP contribution in [-0.2, 0) is 6.54 Å². The van der Waals surface area contributed by atoms with Gasteiger partial charge in [-0.05, 0) is 36.4 Å². The van der Waals surface area contributed by atoms with Crippen LogP contribution in [0.3, 0.4) is 0 Å². The fourth-order valence-corrected chi connectivity index (χ4v) is 3.24. The van der Waals surface area contributed by atoms with E-state index in [1.54, 1.807) is 24.3 Å². The number of Topliss-reactive ketones (excluding diaryl/α,β-unsaturated/α-hetero) is 1. The number of nitrogens with zero attached hydrogens (tertiary/aromatic N) is 2. The zero-order chi connectivity index (χ0) is 19.8. The number of nitrogen functional groups attached to an aromatic ring is 1. The van der Waals surface area contributed by atoms with Crippen LogP contribution in [0, 0.1) is 5.82 Å². The molecule has 0 bridgehead atoms. The maximum absolute atomic E-state index is 13.2. The van der Waals surface area contributed by atoms with Crippen LogP contribution >= 0.6 is 0 Å². The minimum Gasteiger partial charge on any atom is -0.465 e. The van der Waals surface area contributed by atoms with Gasteiger partial charge in [-0.2, -0.15) is 0 Å². The second-order valence-corrected chi connectivity index (χ2v) is 6.39. The Kier molecular flexibility index (Phi) is 4.19. The maximum Gasteiger partial charge on any atom is 0.408 e. The first kappa shape index (κ1) is 17.5. The van der Waals surface area contributed by atoms with Crippen molar-refractivity contribution in [1.82, 2.24) is 14.9 Å². The summed E-state index contributed by atoms with van der Waals surface area (Å²) in [6, 6.07) is 9.08. The molecule has 8 nitrogen and oxygen atoms in total. The number of carbonyl (C=O) groups is 2. The highest BCUT2D eigenvalue weighted by Gasteiger charge is 2.32. The summed E-state index contributed by atoms with van der Waals surface area (Å²) in [5.41, 5.74) is 8.97. The van der Waals surface area contributed by atoms with Crippen LogP contribution in [0.1, 0.15) is 16.1 Å². The summed E-state index contributed by atoms with van der Waals surface area (Å²) in [5.74, 6) is -0.411. The van der Waals surface area contributed by atoms with Crippen LogP contribution in [0.4, 0.5) is 26.4 Å². The number of nitrogens with two attached hydrogens (primary N) is 1. The van der Waals surface area contributed by atoms with Crippen LogP contribution in [0.5, 0.6) is 0 Å². The van der Waals surface area contributed by atoms with E-state index in [0.717, 1.165) is 4.90 Å². The first-order valence-electron chi connectivity index (χ1n) is 8.43. The lowest BCUT2D eigenvalue weighted by atomic mass is 10.0. The van der Waals surface area contributed by atoms with Crippen molar-refractivity contribution in [3.63, 3.8) is 0 Å². The minimum atomic E-state index is -1.17. The fourth-order valence-electron chi connectivity index (χ4n) is 3.24. The quantitative estimate of drug-likeness (QED) is 0.552. The van der Waals surface area contributed by atoms with Crippen molar-refractivity contribution in [3.8, 4) is 11.3 Å². The van der Waals surface area contributed by atoms with Crippen molar-refractivity contribution in [2.24, 2.45) is 0 Å². The van der Waals surface area contributed by atoms with E-state index in [9.17, 15) is 19.1 Å². The third-order valence-corrected chi connectivity index (χ3v) is 4.49. The van der Waals surface area contributed by atoms with E-state index >= 15 is 0 Å². The molecular weight excluding hydrogens is 365 g/mol. The summed E-state index contributed by atoms with van der Waals surface area (Å²) in [6.45, 7) is -0.189. The first-order chi connectivity index (χ1) is 13.4. The number of aromatic nitrogens is 2.